The highest BCUT2D eigenvalue weighted by molar-refractivity contribution is 6.76. The average Bonchev–Trinajstić information content (AvgIpc) is 3.80. The van der Waals surface area contributed by atoms with Gasteiger partial charge in [-0.1, -0.05) is 55.0 Å². The Morgan fingerprint density at radius 3 is 2.34 bits per heavy atom. The third kappa shape index (κ3) is 7.58. The van der Waals surface area contributed by atoms with Crippen LogP contribution < -0.4 is 9.64 Å². The number of halogens is 2. The first-order valence-corrected chi connectivity index (χ1v) is 24.3. The molecular weight excluding hydrogens is 790 g/mol. The van der Waals surface area contributed by atoms with Crippen LogP contribution >= 0.6 is 23.2 Å². The Morgan fingerprint density at radius 2 is 1.69 bits per heavy atom. The third-order valence-electron chi connectivity index (χ3n) is 11.4. The van der Waals surface area contributed by atoms with Gasteiger partial charge in [0.25, 0.3) is 5.91 Å². The van der Waals surface area contributed by atoms with Gasteiger partial charge in [0.05, 0.1) is 41.2 Å². The zero-order chi connectivity index (χ0) is 41.8. The quantitative estimate of drug-likeness (QED) is 0.0653. The monoisotopic (exact) mass is 841 g/mol. The first-order valence-electron chi connectivity index (χ1n) is 19.9. The molecule has 0 saturated heterocycles. The SMILES string of the molecule is COC(=O)c1cc2c(N3C[C@@H](C)n4c(c(CCCOc5cc(C)c(Cl)c(C)c5)c5ccc(Cl)c(-c6c(C)nn(C)c6C)c54)C3=O)cccc2n1COCC[Si](C)(C)C. The molecule has 1 aliphatic rings. The smallest absolute Gasteiger partial charge is 0.354 e. The summed E-state index contributed by atoms with van der Waals surface area (Å²) in [7, 11) is 1.99. The second kappa shape index (κ2) is 16.2. The minimum Gasteiger partial charge on any atom is -0.494 e. The number of anilines is 1. The lowest BCUT2D eigenvalue weighted by molar-refractivity contribution is 0.0546. The molecule has 0 spiro atoms. The summed E-state index contributed by atoms with van der Waals surface area (Å²) in [6.07, 6.45) is 1.25. The number of amides is 1. The molecule has 0 radical (unpaired) electrons. The summed E-state index contributed by atoms with van der Waals surface area (Å²) < 4.78 is 23.6. The van der Waals surface area contributed by atoms with Gasteiger partial charge in [-0.3, -0.25) is 9.48 Å². The van der Waals surface area contributed by atoms with Crippen LogP contribution in [0, 0.1) is 27.7 Å². The van der Waals surface area contributed by atoms with E-state index in [1.54, 1.807) is 0 Å². The number of aromatic nitrogens is 4. The van der Waals surface area contributed by atoms with E-state index < -0.39 is 14.0 Å². The summed E-state index contributed by atoms with van der Waals surface area (Å²) in [4.78, 5) is 30.4. The second-order valence-corrected chi connectivity index (χ2v) is 23.2. The number of ether oxygens (including phenoxy) is 3. The molecule has 6 aromatic rings. The normalized spacial score (nSPS) is 14.5. The summed E-state index contributed by atoms with van der Waals surface area (Å²) in [6, 6.07) is 16.4. The minimum absolute atomic E-state index is 0.123. The molecule has 4 heterocycles. The van der Waals surface area contributed by atoms with Gasteiger partial charge in [-0.25, -0.2) is 4.79 Å². The lowest BCUT2D eigenvalue weighted by Gasteiger charge is -2.34. The van der Waals surface area contributed by atoms with Gasteiger partial charge in [-0.2, -0.15) is 5.10 Å². The van der Waals surface area contributed by atoms with Gasteiger partial charge < -0.3 is 28.2 Å². The molecule has 1 aliphatic heterocycles. The van der Waals surface area contributed by atoms with E-state index in [4.69, 9.17) is 42.5 Å². The molecule has 58 heavy (non-hydrogen) atoms. The Morgan fingerprint density at radius 1 is 0.966 bits per heavy atom. The number of hydrogen-bond acceptors (Lipinski definition) is 6. The van der Waals surface area contributed by atoms with Crippen LogP contribution in [0.15, 0.2) is 48.5 Å². The van der Waals surface area contributed by atoms with Crippen molar-refractivity contribution >= 4 is 70.6 Å². The highest BCUT2D eigenvalue weighted by atomic mass is 35.5. The highest BCUT2D eigenvalue weighted by Crippen LogP contribution is 2.46. The molecule has 0 N–H and O–H groups in total. The highest BCUT2D eigenvalue weighted by Gasteiger charge is 2.37. The number of nitrogens with zero attached hydrogens (tertiary/aromatic N) is 5. The van der Waals surface area contributed by atoms with E-state index in [1.165, 1.54) is 7.11 Å². The predicted molar refractivity (Wildman–Crippen MR) is 237 cm³/mol. The molecule has 0 unspecified atom stereocenters. The van der Waals surface area contributed by atoms with E-state index >= 15 is 4.79 Å². The average molecular weight is 843 g/mol. The maximum atomic E-state index is 15.3. The molecule has 0 aliphatic carbocycles. The molecule has 306 valence electrons. The maximum Gasteiger partial charge on any atom is 0.354 e. The minimum atomic E-state index is -1.33. The number of fused-ring (bicyclic) bond motifs is 4. The Bertz CT molecular complexity index is 2560. The Hall–Kier alpha value is -4.55. The van der Waals surface area contributed by atoms with Gasteiger partial charge in [0.15, 0.2) is 0 Å². The summed E-state index contributed by atoms with van der Waals surface area (Å²) in [5.41, 5.74) is 10.0. The van der Waals surface area contributed by atoms with E-state index in [0.29, 0.717) is 49.0 Å². The van der Waals surface area contributed by atoms with Crippen LogP contribution in [-0.2, 0) is 29.7 Å². The van der Waals surface area contributed by atoms with E-state index in [9.17, 15) is 4.79 Å². The van der Waals surface area contributed by atoms with E-state index in [-0.39, 0.29) is 18.7 Å². The molecule has 1 atom stereocenters. The predicted octanol–water partition coefficient (Wildman–Crippen LogP) is 10.9. The first-order chi connectivity index (χ1) is 27.5. The first kappa shape index (κ1) is 41.6. The van der Waals surface area contributed by atoms with Crippen LogP contribution in [0.4, 0.5) is 5.69 Å². The van der Waals surface area contributed by atoms with Gasteiger partial charge in [0.2, 0.25) is 0 Å². The van der Waals surface area contributed by atoms with Crippen molar-refractivity contribution in [1.29, 1.82) is 0 Å². The number of hydrogen-bond donors (Lipinski definition) is 0. The fraction of sp³-hybridized carbons (Fsp3) is 0.400. The summed E-state index contributed by atoms with van der Waals surface area (Å²) in [5, 5.41) is 7.84. The van der Waals surface area contributed by atoms with Gasteiger partial charge in [0.1, 0.15) is 23.9 Å². The Balaban J connectivity index is 1.34. The number of carbonyl (C=O) groups is 2. The van der Waals surface area contributed by atoms with E-state index in [0.717, 1.165) is 83.5 Å². The zero-order valence-corrected chi connectivity index (χ0v) is 37.7. The molecule has 10 nitrogen and oxygen atoms in total. The van der Waals surface area contributed by atoms with Crippen molar-refractivity contribution in [1.82, 2.24) is 18.9 Å². The number of esters is 1. The number of aryl methyl sites for hydroxylation is 5. The number of methoxy groups -OCH3 is 1. The molecule has 7 rings (SSSR count). The van der Waals surface area contributed by atoms with Crippen molar-refractivity contribution in [3.8, 4) is 16.9 Å². The number of carbonyl (C=O) groups excluding carboxylic acids is 2. The zero-order valence-electron chi connectivity index (χ0n) is 35.2. The maximum absolute atomic E-state index is 15.3. The van der Waals surface area contributed by atoms with Crippen LogP contribution in [0.1, 0.15) is 68.4 Å². The summed E-state index contributed by atoms with van der Waals surface area (Å²) in [5.74, 6) is 0.179. The standard InChI is InChI=1S/C45H53Cl2N5O5Si/c1-26-21-31(22-27(2)41(26)47)57-18-12-13-32-33-16-17-35(46)40(39-29(4)48-49(6)30(39)5)42(33)52-28(3)24-50(44(53)43(32)52)36-14-11-15-37-34(36)23-38(45(54)55-7)51(37)25-56-19-20-58(8,9)10/h11,14-17,21-23,28H,12-13,18-20,24-25H2,1-10H3/t28-/m1/s1. The largest absolute Gasteiger partial charge is 0.494 e. The Kier molecular flexibility index (Phi) is 11.7. The van der Waals surface area contributed by atoms with Crippen molar-refractivity contribution in [3.63, 3.8) is 0 Å². The lowest BCUT2D eigenvalue weighted by atomic mass is 9.98. The molecule has 3 aromatic carbocycles. The molecule has 0 bridgehead atoms. The van der Waals surface area contributed by atoms with Crippen molar-refractivity contribution in [2.75, 3.05) is 31.8 Å². The summed E-state index contributed by atoms with van der Waals surface area (Å²) >= 11 is 13.6. The fourth-order valence-corrected chi connectivity index (χ4v) is 9.50. The lowest BCUT2D eigenvalue weighted by Crippen LogP contribution is -2.42. The summed E-state index contributed by atoms with van der Waals surface area (Å²) in [6.45, 7) is 18.7. The van der Waals surface area contributed by atoms with Crippen LogP contribution in [0.2, 0.25) is 35.7 Å². The molecule has 13 heteroatoms. The number of rotatable bonds is 13. The van der Waals surface area contributed by atoms with E-state index in [2.05, 4.69) is 31.1 Å². The second-order valence-electron chi connectivity index (χ2n) is 16.8. The topological polar surface area (TPSA) is 92.8 Å². The van der Waals surface area contributed by atoms with Crippen LogP contribution in [0.25, 0.3) is 32.9 Å². The molecular formula is C45H53Cl2N5O5Si. The van der Waals surface area contributed by atoms with Gasteiger partial charge >= 0.3 is 5.97 Å². The fourth-order valence-electron chi connectivity index (χ4n) is 8.39. The Labute approximate surface area is 351 Å². The number of benzene rings is 3. The van der Waals surface area contributed by atoms with Gasteiger partial charge in [0, 0.05) is 66.9 Å². The van der Waals surface area contributed by atoms with Crippen LogP contribution in [-0.4, -0.2) is 65.7 Å². The van der Waals surface area contributed by atoms with Crippen molar-refractivity contribution < 1.29 is 23.8 Å². The van der Waals surface area contributed by atoms with Crippen molar-refractivity contribution in [2.45, 2.75) is 85.9 Å². The van der Waals surface area contributed by atoms with Crippen molar-refractivity contribution in [2.24, 2.45) is 7.05 Å². The molecule has 0 fully saturated rings. The third-order valence-corrected chi connectivity index (χ3v) is 14.0. The van der Waals surface area contributed by atoms with Crippen LogP contribution in [0.3, 0.4) is 0 Å². The van der Waals surface area contributed by atoms with Gasteiger partial charge in [-0.15, -0.1) is 0 Å². The van der Waals surface area contributed by atoms with E-state index in [1.807, 2.05) is 97.4 Å². The van der Waals surface area contributed by atoms with Gasteiger partial charge in [-0.05, 0) is 107 Å². The van der Waals surface area contributed by atoms with Crippen LogP contribution in [0.5, 0.6) is 5.75 Å². The molecule has 3 aromatic heterocycles. The van der Waals surface area contributed by atoms with Crippen molar-refractivity contribution in [3.05, 3.63) is 98.0 Å². The molecule has 0 saturated carbocycles. The molecule has 1 amide bonds.